The van der Waals surface area contributed by atoms with E-state index in [9.17, 15) is 8.42 Å². The minimum absolute atomic E-state index is 0.00856. The minimum Gasteiger partial charge on any atom is -0.379 e. The van der Waals surface area contributed by atoms with Crippen LogP contribution in [0, 0.1) is 20.8 Å². The Labute approximate surface area is 105 Å². The van der Waals surface area contributed by atoms with Crippen LogP contribution in [-0.4, -0.2) is 13.6 Å². The Balaban J connectivity index is 2.43. The van der Waals surface area contributed by atoms with Gasteiger partial charge in [-0.15, -0.1) is 0 Å². The lowest BCUT2D eigenvalue weighted by atomic mass is 10.2. The molecular formula is C12H13NO4S. The number of nitrogens with zero attached hydrogens (tertiary/aromatic N) is 1. The van der Waals surface area contributed by atoms with Crippen LogP contribution in [0.4, 0.5) is 0 Å². The summed E-state index contributed by atoms with van der Waals surface area (Å²) in [4.78, 5) is -0.00856. The molecule has 0 fully saturated rings. The maximum atomic E-state index is 12.1. The maximum Gasteiger partial charge on any atom is 0.344 e. The Morgan fingerprint density at radius 2 is 1.83 bits per heavy atom. The molecule has 1 heterocycles. The van der Waals surface area contributed by atoms with E-state index in [0.717, 1.165) is 5.56 Å². The smallest absolute Gasteiger partial charge is 0.344 e. The molecule has 18 heavy (non-hydrogen) atoms. The summed E-state index contributed by atoms with van der Waals surface area (Å²) in [6, 6.07) is 6.90. The summed E-state index contributed by atoms with van der Waals surface area (Å²) in [5, 5.41) is 3.61. The number of aryl methyl sites for hydroxylation is 3. The van der Waals surface area contributed by atoms with Crippen molar-refractivity contribution in [1.29, 1.82) is 0 Å². The van der Waals surface area contributed by atoms with Crippen molar-refractivity contribution >= 4 is 10.1 Å². The van der Waals surface area contributed by atoms with Crippen molar-refractivity contribution in [2.45, 2.75) is 25.7 Å². The molecule has 0 aliphatic heterocycles. The first-order chi connectivity index (χ1) is 8.42. The van der Waals surface area contributed by atoms with Crippen LogP contribution in [0.2, 0.25) is 0 Å². The second-order valence-corrected chi connectivity index (χ2v) is 5.44. The largest absolute Gasteiger partial charge is 0.379 e. The van der Waals surface area contributed by atoms with E-state index in [4.69, 9.17) is 8.71 Å². The van der Waals surface area contributed by atoms with E-state index in [0.29, 0.717) is 11.4 Å². The molecular weight excluding hydrogens is 254 g/mol. The highest BCUT2D eigenvalue weighted by molar-refractivity contribution is 7.87. The molecule has 2 aromatic rings. The van der Waals surface area contributed by atoms with Gasteiger partial charge in [-0.3, -0.25) is 0 Å². The molecule has 0 saturated carbocycles. The van der Waals surface area contributed by atoms with Crippen LogP contribution in [0.15, 0.2) is 33.7 Å². The Kier molecular flexibility index (Phi) is 3.13. The van der Waals surface area contributed by atoms with Gasteiger partial charge in [-0.1, -0.05) is 23.4 Å². The third-order valence-corrected chi connectivity index (χ3v) is 3.99. The molecule has 0 N–H and O–H groups in total. The predicted octanol–water partition coefficient (Wildman–Crippen LogP) is 2.37. The number of rotatable bonds is 3. The number of para-hydroxylation sites is 1. The summed E-state index contributed by atoms with van der Waals surface area (Å²) in [6.45, 7) is 4.87. The third-order valence-electron chi connectivity index (χ3n) is 2.51. The maximum absolute atomic E-state index is 12.1. The Morgan fingerprint density at radius 1 is 1.17 bits per heavy atom. The van der Waals surface area contributed by atoms with Crippen molar-refractivity contribution in [1.82, 2.24) is 5.16 Å². The zero-order valence-electron chi connectivity index (χ0n) is 10.3. The molecule has 0 saturated heterocycles. The van der Waals surface area contributed by atoms with Gasteiger partial charge in [-0.2, -0.15) is 8.42 Å². The normalized spacial score (nSPS) is 11.5. The highest BCUT2D eigenvalue weighted by Crippen LogP contribution is 2.25. The van der Waals surface area contributed by atoms with Crippen molar-refractivity contribution in [3.8, 4) is 5.75 Å². The Morgan fingerprint density at radius 3 is 2.39 bits per heavy atom. The first-order valence-electron chi connectivity index (χ1n) is 5.35. The number of hydrogen-bond donors (Lipinski definition) is 0. The van der Waals surface area contributed by atoms with E-state index in [-0.39, 0.29) is 10.7 Å². The first-order valence-corrected chi connectivity index (χ1v) is 6.75. The number of aromatic nitrogens is 1. The van der Waals surface area contributed by atoms with E-state index in [1.54, 1.807) is 32.0 Å². The summed E-state index contributed by atoms with van der Waals surface area (Å²) in [7, 11) is -3.91. The zero-order chi connectivity index (χ0) is 13.3. The van der Waals surface area contributed by atoms with Gasteiger partial charge in [-0.05, 0) is 32.4 Å². The van der Waals surface area contributed by atoms with E-state index in [2.05, 4.69) is 5.16 Å². The molecule has 0 unspecified atom stereocenters. The molecule has 1 aromatic heterocycles. The van der Waals surface area contributed by atoms with Crippen LogP contribution in [0.3, 0.4) is 0 Å². The van der Waals surface area contributed by atoms with Gasteiger partial charge < -0.3 is 8.71 Å². The monoisotopic (exact) mass is 267 g/mol. The van der Waals surface area contributed by atoms with E-state index < -0.39 is 10.1 Å². The lowest BCUT2D eigenvalue weighted by molar-refractivity contribution is 0.389. The lowest BCUT2D eigenvalue weighted by Crippen LogP contribution is -2.12. The van der Waals surface area contributed by atoms with Crippen LogP contribution in [0.25, 0.3) is 0 Å². The lowest BCUT2D eigenvalue weighted by Gasteiger charge is -2.08. The number of hydrogen-bond acceptors (Lipinski definition) is 5. The first kappa shape index (κ1) is 12.6. The Hall–Kier alpha value is -1.82. The summed E-state index contributed by atoms with van der Waals surface area (Å²) in [5.74, 6) is 0.526. The molecule has 6 heteroatoms. The fraction of sp³-hybridized carbons (Fsp3) is 0.250. The van der Waals surface area contributed by atoms with Gasteiger partial charge in [0.25, 0.3) is 0 Å². The van der Waals surface area contributed by atoms with E-state index in [1.165, 1.54) is 6.92 Å². The van der Waals surface area contributed by atoms with Gasteiger partial charge in [0.05, 0.1) is 0 Å². The predicted molar refractivity (Wildman–Crippen MR) is 65.0 cm³/mol. The van der Waals surface area contributed by atoms with Crippen molar-refractivity contribution in [3.05, 3.63) is 41.3 Å². The third kappa shape index (κ3) is 2.24. The van der Waals surface area contributed by atoms with Gasteiger partial charge >= 0.3 is 10.1 Å². The standard InChI is InChI=1S/C12H13NO4S/c1-8-6-4-5-7-11(8)17-18(14,15)12-9(2)13-16-10(12)3/h4-7H,1-3H3. The molecule has 0 atom stereocenters. The molecule has 0 aliphatic carbocycles. The van der Waals surface area contributed by atoms with Gasteiger partial charge in [-0.25, -0.2) is 0 Å². The van der Waals surface area contributed by atoms with Gasteiger partial charge in [0.1, 0.15) is 11.4 Å². The molecule has 2 rings (SSSR count). The summed E-state index contributed by atoms with van der Waals surface area (Å²) < 4.78 is 34.2. The number of benzene rings is 1. The summed E-state index contributed by atoms with van der Waals surface area (Å²) >= 11 is 0. The fourth-order valence-electron chi connectivity index (χ4n) is 1.64. The van der Waals surface area contributed by atoms with Crippen molar-refractivity contribution in [3.63, 3.8) is 0 Å². The molecule has 0 bridgehead atoms. The average Bonchev–Trinajstić information content (AvgIpc) is 2.62. The van der Waals surface area contributed by atoms with Crippen molar-refractivity contribution in [2.75, 3.05) is 0 Å². The molecule has 5 nitrogen and oxygen atoms in total. The van der Waals surface area contributed by atoms with E-state index >= 15 is 0 Å². The molecule has 0 aliphatic rings. The quantitative estimate of drug-likeness (QED) is 0.798. The Bertz CT molecular complexity index is 654. The van der Waals surface area contributed by atoms with E-state index in [1.807, 2.05) is 6.07 Å². The average molecular weight is 267 g/mol. The summed E-state index contributed by atoms with van der Waals surface area (Å²) in [5.41, 5.74) is 1.04. The van der Waals surface area contributed by atoms with Crippen LogP contribution < -0.4 is 4.18 Å². The second-order valence-electron chi connectivity index (χ2n) is 3.96. The molecule has 0 amide bonds. The highest BCUT2D eigenvalue weighted by atomic mass is 32.2. The van der Waals surface area contributed by atoms with Crippen molar-refractivity contribution < 1.29 is 17.1 Å². The zero-order valence-corrected chi connectivity index (χ0v) is 11.1. The molecule has 0 radical (unpaired) electrons. The minimum atomic E-state index is -3.91. The van der Waals surface area contributed by atoms with Gasteiger partial charge in [0.15, 0.2) is 10.7 Å². The molecule has 96 valence electrons. The van der Waals surface area contributed by atoms with Crippen LogP contribution in [-0.2, 0) is 10.1 Å². The second kappa shape index (κ2) is 4.45. The summed E-state index contributed by atoms with van der Waals surface area (Å²) in [6.07, 6.45) is 0. The van der Waals surface area contributed by atoms with Crippen LogP contribution >= 0.6 is 0 Å². The van der Waals surface area contributed by atoms with Crippen LogP contribution in [0.5, 0.6) is 5.75 Å². The van der Waals surface area contributed by atoms with Gasteiger partial charge in [0, 0.05) is 0 Å². The highest BCUT2D eigenvalue weighted by Gasteiger charge is 2.26. The molecule has 1 aromatic carbocycles. The molecule has 0 spiro atoms. The fourth-order valence-corrected chi connectivity index (χ4v) is 2.94. The SMILES string of the molecule is Cc1ccccc1OS(=O)(=O)c1c(C)noc1C. The van der Waals surface area contributed by atoms with Gasteiger partial charge in [0.2, 0.25) is 0 Å². The topological polar surface area (TPSA) is 69.4 Å². The van der Waals surface area contributed by atoms with Crippen LogP contribution in [0.1, 0.15) is 17.0 Å². The van der Waals surface area contributed by atoms with Crippen molar-refractivity contribution in [2.24, 2.45) is 0 Å².